The van der Waals surface area contributed by atoms with Crippen molar-refractivity contribution in [3.05, 3.63) is 102 Å². The van der Waals surface area contributed by atoms with Gasteiger partial charge in [-0.2, -0.15) is 5.10 Å². The second kappa shape index (κ2) is 8.20. The van der Waals surface area contributed by atoms with E-state index in [1.807, 2.05) is 89.5 Å². The van der Waals surface area contributed by atoms with E-state index in [4.69, 9.17) is 0 Å². The minimum absolute atomic E-state index is 0.284. The van der Waals surface area contributed by atoms with Gasteiger partial charge in [0.15, 0.2) is 0 Å². The number of amides is 1. The summed E-state index contributed by atoms with van der Waals surface area (Å²) in [6.07, 6.45) is 0. The molecule has 0 atom stereocenters. The van der Waals surface area contributed by atoms with E-state index in [1.165, 1.54) is 0 Å². The zero-order chi connectivity index (χ0) is 22.9. The number of para-hydroxylation sites is 4. The van der Waals surface area contributed by atoms with Gasteiger partial charge in [-0.1, -0.05) is 48.5 Å². The molecule has 3 aromatic carbocycles. The first-order valence-electron chi connectivity index (χ1n) is 10.5. The van der Waals surface area contributed by atoms with Crippen LogP contribution in [0.15, 0.2) is 84.9 Å². The number of nitrogens with one attached hydrogen (secondary N) is 1. The lowest BCUT2D eigenvalue weighted by atomic mass is 10.1. The Bertz CT molecular complexity index is 1480. The van der Waals surface area contributed by atoms with Crippen molar-refractivity contribution in [3.8, 4) is 11.4 Å². The zero-order valence-corrected chi connectivity index (χ0v) is 18.2. The number of aromatic nitrogens is 4. The van der Waals surface area contributed by atoms with Gasteiger partial charge in [-0.15, -0.1) is 0 Å². The molecule has 0 spiro atoms. The molecule has 5 aromatic rings. The van der Waals surface area contributed by atoms with Gasteiger partial charge in [-0.05, 0) is 50.2 Å². The first-order valence-corrected chi connectivity index (χ1v) is 10.5. The van der Waals surface area contributed by atoms with Crippen LogP contribution in [0, 0.1) is 13.8 Å². The number of ketones is 1. The van der Waals surface area contributed by atoms with Crippen molar-refractivity contribution >= 4 is 28.7 Å². The topological polar surface area (TPSA) is 81.8 Å². The predicted molar refractivity (Wildman–Crippen MR) is 127 cm³/mol. The highest BCUT2D eigenvalue weighted by atomic mass is 16.2. The van der Waals surface area contributed by atoms with E-state index in [0.717, 1.165) is 16.9 Å². The van der Waals surface area contributed by atoms with E-state index in [-0.39, 0.29) is 5.95 Å². The van der Waals surface area contributed by atoms with Gasteiger partial charge in [-0.3, -0.25) is 19.5 Å². The number of imidazole rings is 1. The monoisotopic (exact) mass is 435 g/mol. The van der Waals surface area contributed by atoms with E-state index < -0.39 is 11.7 Å². The Morgan fingerprint density at radius 1 is 0.788 bits per heavy atom. The van der Waals surface area contributed by atoms with Crippen LogP contribution < -0.4 is 5.32 Å². The Balaban J connectivity index is 1.52. The van der Waals surface area contributed by atoms with Gasteiger partial charge in [0.05, 0.1) is 33.7 Å². The van der Waals surface area contributed by atoms with E-state index in [9.17, 15) is 9.59 Å². The van der Waals surface area contributed by atoms with Gasteiger partial charge < -0.3 is 0 Å². The molecule has 0 bridgehead atoms. The van der Waals surface area contributed by atoms with E-state index in [2.05, 4.69) is 15.4 Å². The molecular formula is C26H21N5O2. The van der Waals surface area contributed by atoms with Gasteiger partial charge >= 0.3 is 0 Å². The van der Waals surface area contributed by atoms with E-state index >= 15 is 0 Å². The lowest BCUT2D eigenvalue weighted by molar-refractivity contribution is -0.112. The smallest absolute Gasteiger partial charge is 0.289 e. The summed E-state index contributed by atoms with van der Waals surface area (Å²) in [7, 11) is 0. The van der Waals surface area contributed by atoms with Gasteiger partial charge in [0.1, 0.15) is 0 Å². The second-order valence-corrected chi connectivity index (χ2v) is 7.67. The number of hydrogen-bond acceptors (Lipinski definition) is 4. The summed E-state index contributed by atoms with van der Waals surface area (Å²) in [5.74, 6) is -1.13. The van der Waals surface area contributed by atoms with Crippen molar-refractivity contribution in [2.24, 2.45) is 0 Å². The summed E-state index contributed by atoms with van der Waals surface area (Å²) in [5, 5.41) is 7.21. The average molecular weight is 435 g/mol. The Morgan fingerprint density at radius 3 is 2.09 bits per heavy atom. The van der Waals surface area contributed by atoms with Crippen LogP contribution in [-0.2, 0) is 4.79 Å². The molecule has 162 valence electrons. The maximum absolute atomic E-state index is 13.2. The maximum Gasteiger partial charge on any atom is 0.299 e. The molecule has 0 aliphatic carbocycles. The van der Waals surface area contributed by atoms with Gasteiger partial charge in [0.2, 0.25) is 5.95 Å². The number of rotatable bonds is 5. The quantitative estimate of drug-likeness (QED) is 0.322. The molecule has 2 heterocycles. The molecule has 7 nitrogen and oxygen atoms in total. The molecule has 33 heavy (non-hydrogen) atoms. The van der Waals surface area contributed by atoms with Crippen molar-refractivity contribution in [1.82, 2.24) is 19.3 Å². The predicted octanol–water partition coefficient (Wildman–Crippen LogP) is 4.65. The number of aryl methyl sites for hydroxylation is 1. The minimum atomic E-state index is -0.763. The molecule has 0 radical (unpaired) electrons. The molecule has 0 aliphatic rings. The summed E-state index contributed by atoms with van der Waals surface area (Å²) in [4.78, 5) is 30.8. The summed E-state index contributed by atoms with van der Waals surface area (Å²) in [5.41, 5.74) is 4.59. The van der Waals surface area contributed by atoms with Crippen molar-refractivity contribution in [2.45, 2.75) is 13.8 Å². The second-order valence-electron chi connectivity index (χ2n) is 7.67. The van der Waals surface area contributed by atoms with Gasteiger partial charge in [-0.25, -0.2) is 9.67 Å². The normalized spacial score (nSPS) is 11.0. The number of carbonyl (C=O) groups is 2. The Hall–Kier alpha value is -4.52. The van der Waals surface area contributed by atoms with Crippen LogP contribution >= 0.6 is 0 Å². The van der Waals surface area contributed by atoms with Crippen LogP contribution in [0.25, 0.3) is 22.4 Å². The number of carbonyl (C=O) groups excluding carboxylic acids is 2. The summed E-state index contributed by atoms with van der Waals surface area (Å²) in [6.45, 7) is 3.51. The standard InChI is InChI=1S/C26H21N5O2/c1-17-23(18(2)31(29-17)20-13-7-4-8-14-20)24(32)25(33)28-26-27-21-15-9-10-16-22(21)30(26)19-11-5-3-6-12-19/h3-16H,1-2H3,(H,27,28,33). The Kier molecular flexibility index (Phi) is 5.06. The molecule has 1 N–H and O–H groups in total. The number of nitrogens with zero attached hydrogens (tertiary/aromatic N) is 4. The molecule has 5 rings (SSSR count). The van der Waals surface area contributed by atoms with Crippen molar-refractivity contribution in [1.29, 1.82) is 0 Å². The molecule has 0 unspecified atom stereocenters. The van der Waals surface area contributed by atoms with Crippen molar-refractivity contribution in [2.75, 3.05) is 5.32 Å². The molecular weight excluding hydrogens is 414 g/mol. The molecule has 2 aromatic heterocycles. The third-order valence-electron chi connectivity index (χ3n) is 5.53. The Morgan fingerprint density at radius 2 is 1.39 bits per heavy atom. The van der Waals surface area contributed by atoms with Crippen LogP contribution in [0.4, 0.5) is 5.95 Å². The number of hydrogen-bond donors (Lipinski definition) is 1. The van der Waals surface area contributed by atoms with Crippen LogP contribution in [0.3, 0.4) is 0 Å². The SMILES string of the molecule is Cc1nn(-c2ccccc2)c(C)c1C(=O)C(=O)Nc1nc2ccccc2n1-c1ccccc1. The van der Waals surface area contributed by atoms with Gasteiger partial charge in [0.25, 0.3) is 11.7 Å². The fourth-order valence-corrected chi connectivity index (χ4v) is 4.01. The molecule has 1 amide bonds. The van der Waals surface area contributed by atoms with Gasteiger partial charge in [0, 0.05) is 5.69 Å². The third kappa shape index (κ3) is 3.59. The largest absolute Gasteiger partial charge is 0.299 e. The Labute approximate surface area is 190 Å². The molecule has 0 saturated heterocycles. The molecule has 0 fully saturated rings. The first-order chi connectivity index (χ1) is 16.0. The highest BCUT2D eigenvalue weighted by molar-refractivity contribution is 6.47. The third-order valence-corrected chi connectivity index (χ3v) is 5.53. The molecule has 7 heteroatoms. The average Bonchev–Trinajstić information content (AvgIpc) is 3.35. The van der Waals surface area contributed by atoms with Crippen molar-refractivity contribution < 1.29 is 9.59 Å². The van der Waals surface area contributed by atoms with Crippen LogP contribution in [0.2, 0.25) is 0 Å². The summed E-state index contributed by atoms with van der Waals surface area (Å²) < 4.78 is 3.50. The lowest BCUT2D eigenvalue weighted by Gasteiger charge is -2.10. The van der Waals surface area contributed by atoms with Crippen LogP contribution in [0.1, 0.15) is 21.7 Å². The van der Waals surface area contributed by atoms with E-state index in [0.29, 0.717) is 22.5 Å². The number of Topliss-reactive ketones (excluding diaryl/α,β-unsaturated/α-hetero) is 1. The number of fused-ring (bicyclic) bond motifs is 1. The van der Waals surface area contributed by atoms with Crippen LogP contribution in [0.5, 0.6) is 0 Å². The van der Waals surface area contributed by atoms with Crippen LogP contribution in [-0.4, -0.2) is 31.0 Å². The minimum Gasteiger partial charge on any atom is -0.289 e. The fourth-order valence-electron chi connectivity index (χ4n) is 4.01. The van der Waals surface area contributed by atoms with Crippen molar-refractivity contribution in [3.63, 3.8) is 0 Å². The zero-order valence-electron chi connectivity index (χ0n) is 18.2. The highest BCUT2D eigenvalue weighted by Gasteiger charge is 2.26. The maximum atomic E-state index is 13.2. The molecule has 0 saturated carbocycles. The number of benzene rings is 3. The number of anilines is 1. The lowest BCUT2D eigenvalue weighted by Crippen LogP contribution is -2.25. The summed E-state index contributed by atoms with van der Waals surface area (Å²) in [6, 6.07) is 26.7. The molecule has 0 aliphatic heterocycles. The summed E-state index contributed by atoms with van der Waals surface area (Å²) >= 11 is 0. The fraction of sp³-hybridized carbons (Fsp3) is 0.0769. The first kappa shape index (κ1) is 20.4. The highest BCUT2D eigenvalue weighted by Crippen LogP contribution is 2.25. The van der Waals surface area contributed by atoms with E-state index in [1.54, 1.807) is 18.5 Å².